The Morgan fingerprint density at radius 1 is 1.35 bits per heavy atom. The first-order chi connectivity index (χ1) is 9.43. The Hall–Kier alpha value is -1.10. The maximum atomic E-state index is 13.0. The number of primary amides is 1. The van der Waals surface area contributed by atoms with Gasteiger partial charge >= 0.3 is 0 Å². The molecule has 20 heavy (non-hydrogen) atoms. The van der Waals surface area contributed by atoms with Crippen molar-refractivity contribution in [2.75, 3.05) is 26.2 Å². The number of carbonyl (C=O) groups is 2. The first-order valence-electron chi connectivity index (χ1n) is 7.73. The predicted molar refractivity (Wildman–Crippen MR) is 77.9 cm³/mol. The molecule has 5 heteroatoms. The van der Waals surface area contributed by atoms with Gasteiger partial charge < -0.3 is 16.0 Å². The van der Waals surface area contributed by atoms with Gasteiger partial charge in [-0.15, -0.1) is 0 Å². The number of hydrogen-bond donors (Lipinski definition) is 2. The van der Waals surface area contributed by atoms with E-state index in [0.717, 1.165) is 38.8 Å². The number of amides is 2. The van der Waals surface area contributed by atoms with Crippen LogP contribution in [0.1, 0.15) is 46.0 Å². The van der Waals surface area contributed by atoms with Crippen LogP contribution in [0.15, 0.2) is 0 Å². The number of carbonyl (C=O) groups excluding carboxylic acids is 2. The maximum Gasteiger partial charge on any atom is 0.230 e. The van der Waals surface area contributed by atoms with E-state index >= 15 is 0 Å². The van der Waals surface area contributed by atoms with E-state index in [9.17, 15) is 9.59 Å². The molecule has 5 nitrogen and oxygen atoms in total. The minimum absolute atomic E-state index is 0.219. The lowest BCUT2D eigenvalue weighted by atomic mass is 9.75. The summed E-state index contributed by atoms with van der Waals surface area (Å²) in [4.78, 5) is 26.4. The zero-order valence-corrected chi connectivity index (χ0v) is 12.7. The van der Waals surface area contributed by atoms with Gasteiger partial charge in [-0.2, -0.15) is 0 Å². The molecule has 0 aliphatic carbocycles. The van der Waals surface area contributed by atoms with Crippen molar-refractivity contribution >= 4 is 11.8 Å². The lowest BCUT2D eigenvalue weighted by Crippen LogP contribution is -2.52. The van der Waals surface area contributed by atoms with E-state index < -0.39 is 5.41 Å². The van der Waals surface area contributed by atoms with Gasteiger partial charge in [0.2, 0.25) is 11.8 Å². The number of hydrogen-bond acceptors (Lipinski definition) is 3. The SMILES string of the molecule is CCCC1(C(=O)N2CCC(C)(C(N)=O)C2)CCCNC1. The number of rotatable bonds is 4. The summed E-state index contributed by atoms with van der Waals surface area (Å²) in [6.07, 6.45) is 4.61. The van der Waals surface area contributed by atoms with Crippen LogP contribution in [0, 0.1) is 10.8 Å². The molecule has 2 amide bonds. The number of likely N-dealkylation sites (tertiary alicyclic amines) is 1. The van der Waals surface area contributed by atoms with Crippen LogP contribution in [-0.4, -0.2) is 42.9 Å². The third-order valence-corrected chi connectivity index (χ3v) is 5.01. The second-order valence-corrected chi connectivity index (χ2v) is 6.71. The van der Waals surface area contributed by atoms with Crippen molar-refractivity contribution < 1.29 is 9.59 Å². The van der Waals surface area contributed by atoms with Crippen molar-refractivity contribution in [3.63, 3.8) is 0 Å². The van der Waals surface area contributed by atoms with Crippen LogP contribution in [0.5, 0.6) is 0 Å². The molecule has 0 aromatic rings. The van der Waals surface area contributed by atoms with E-state index in [0.29, 0.717) is 19.5 Å². The second kappa shape index (κ2) is 5.72. The minimum atomic E-state index is -0.550. The smallest absolute Gasteiger partial charge is 0.230 e. The van der Waals surface area contributed by atoms with Crippen LogP contribution in [-0.2, 0) is 9.59 Å². The average Bonchev–Trinajstić information content (AvgIpc) is 2.83. The molecule has 3 N–H and O–H groups in total. The van der Waals surface area contributed by atoms with Crippen molar-refractivity contribution in [1.29, 1.82) is 0 Å². The van der Waals surface area contributed by atoms with E-state index in [4.69, 9.17) is 5.73 Å². The van der Waals surface area contributed by atoms with E-state index in [1.54, 1.807) is 0 Å². The summed E-state index contributed by atoms with van der Waals surface area (Å²) in [7, 11) is 0. The zero-order chi connectivity index (χ0) is 14.8. The van der Waals surface area contributed by atoms with Crippen LogP contribution in [0.2, 0.25) is 0 Å². The molecule has 2 rings (SSSR count). The van der Waals surface area contributed by atoms with Gasteiger partial charge in [-0.3, -0.25) is 9.59 Å². The van der Waals surface area contributed by atoms with Crippen molar-refractivity contribution in [3.05, 3.63) is 0 Å². The molecule has 0 saturated carbocycles. The number of nitrogens with one attached hydrogen (secondary N) is 1. The topological polar surface area (TPSA) is 75.4 Å². The van der Waals surface area contributed by atoms with Crippen LogP contribution >= 0.6 is 0 Å². The van der Waals surface area contributed by atoms with Crippen molar-refractivity contribution in [2.24, 2.45) is 16.6 Å². The third-order valence-electron chi connectivity index (χ3n) is 5.01. The fourth-order valence-electron chi connectivity index (χ4n) is 3.62. The van der Waals surface area contributed by atoms with Crippen LogP contribution < -0.4 is 11.1 Å². The monoisotopic (exact) mass is 281 g/mol. The Balaban J connectivity index is 2.11. The standard InChI is InChI=1S/C15H27N3O2/c1-3-5-15(6-4-8-17-10-15)13(20)18-9-7-14(2,11-18)12(16)19/h17H,3-11H2,1-2H3,(H2,16,19). The molecule has 2 saturated heterocycles. The molecule has 2 aliphatic heterocycles. The third kappa shape index (κ3) is 2.68. The van der Waals surface area contributed by atoms with Gasteiger partial charge in [0.05, 0.1) is 10.8 Å². The van der Waals surface area contributed by atoms with E-state index in [2.05, 4.69) is 12.2 Å². The summed E-state index contributed by atoms with van der Waals surface area (Å²) in [5.41, 5.74) is 4.66. The molecule has 0 spiro atoms. The number of piperidine rings is 1. The quantitative estimate of drug-likeness (QED) is 0.803. The summed E-state index contributed by atoms with van der Waals surface area (Å²) >= 11 is 0. The van der Waals surface area contributed by atoms with Crippen molar-refractivity contribution in [3.8, 4) is 0 Å². The lowest BCUT2D eigenvalue weighted by Gasteiger charge is -2.39. The van der Waals surface area contributed by atoms with Gasteiger partial charge in [0.1, 0.15) is 0 Å². The van der Waals surface area contributed by atoms with E-state index in [1.165, 1.54) is 0 Å². The zero-order valence-electron chi connectivity index (χ0n) is 12.7. The Kier molecular flexibility index (Phi) is 4.37. The van der Waals surface area contributed by atoms with Crippen molar-refractivity contribution in [1.82, 2.24) is 10.2 Å². The molecule has 0 aromatic carbocycles. The molecular weight excluding hydrogens is 254 g/mol. The highest BCUT2D eigenvalue weighted by Gasteiger charge is 2.47. The maximum absolute atomic E-state index is 13.0. The summed E-state index contributed by atoms with van der Waals surface area (Å²) < 4.78 is 0. The van der Waals surface area contributed by atoms with Gasteiger partial charge in [-0.05, 0) is 39.2 Å². The summed E-state index contributed by atoms with van der Waals surface area (Å²) in [5.74, 6) is -0.0735. The molecule has 2 unspecified atom stereocenters. The average molecular weight is 281 g/mol. The first kappa shape index (κ1) is 15.3. The Bertz CT molecular complexity index is 385. The van der Waals surface area contributed by atoms with Gasteiger partial charge in [-0.1, -0.05) is 13.3 Å². The highest BCUT2D eigenvalue weighted by molar-refractivity contribution is 5.86. The molecule has 2 heterocycles. The van der Waals surface area contributed by atoms with Gasteiger partial charge in [-0.25, -0.2) is 0 Å². The minimum Gasteiger partial charge on any atom is -0.369 e. The molecule has 2 fully saturated rings. The number of nitrogens with two attached hydrogens (primary N) is 1. The summed E-state index contributed by atoms with van der Waals surface area (Å²) in [6, 6.07) is 0. The highest BCUT2D eigenvalue weighted by Crippen LogP contribution is 2.38. The fraction of sp³-hybridized carbons (Fsp3) is 0.867. The molecule has 0 radical (unpaired) electrons. The molecule has 0 aromatic heterocycles. The normalized spacial score (nSPS) is 34.2. The molecule has 2 aliphatic rings. The summed E-state index contributed by atoms with van der Waals surface area (Å²) in [6.45, 7) is 6.90. The summed E-state index contributed by atoms with van der Waals surface area (Å²) in [5, 5.41) is 3.37. The number of nitrogens with zero attached hydrogens (tertiary/aromatic N) is 1. The van der Waals surface area contributed by atoms with Crippen LogP contribution in [0.25, 0.3) is 0 Å². The second-order valence-electron chi connectivity index (χ2n) is 6.71. The Labute approximate surface area is 121 Å². The lowest BCUT2D eigenvalue weighted by molar-refractivity contribution is -0.143. The van der Waals surface area contributed by atoms with Crippen LogP contribution in [0.3, 0.4) is 0 Å². The molecule has 2 atom stereocenters. The van der Waals surface area contributed by atoms with Gasteiger partial charge in [0, 0.05) is 19.6 Å². The van der Waals surface area contributed by atoms with Gasteiger partial charge in [0.25, 0.3) is 0 Å². The molecule has 114 valence electrons. The fourth-order valence-corrected chi connectivity index (χ4v) is 3.62. The van der Waals surface area contributed by atoms with Crippen LogP contribution in [0.4, 0.5) is 0 Å². The van der Waals surface area contributed by atoms with Gasteiger partial charge in [0.15, 0.2) is 0 Å². The first-order valence-corrected chi connectivity index (χ1v) is 7.73. The molecular formula is C15H27N3O2. The van der Waals surface area contributed by atoms with Crippen molar-refractivity contribution in [2.45, 2.75) is 46.0 Å². The van der Waals surface area contributed by atoms with E-state index in [-0.39, 0.29) is 17.2 Å². The highest BCUT2D eigenvalue weighted by atomic mass is 16.2. The molecule has 0 bridgehead atoms. The Morgan fingerprint density at radius 3 is 2.60 bits per heavy atom. The largest absolute Gasteiger partial charge is 0.369 e. The Morgan fingerprint density at radius 2 is 2.10 bits per heavy atom. The van der Waals surface area contributed by atoms with E-state index in [1.807, 2.05) is 11.8 Å². The predicted octanol–water partition coefficient (Wildman–Crippen LogP) is 0.880.